The topological polar surface area (TPSA) is 147 Å². The fourth-order valence-corrected chi connectivity index (χ4v) is 2.85. The fraction of sp³-hybridized carbons (Fsp3) is 0.211. The molecular formula is C19H19N5O4S. The zero-order chi connectivity index (χ0) is 22.1. The monoisotopic (exact) mass is 414 g/mol. The lowest BCUT2D eigenvalue weighted by atomic mass is 10.1. The minimum Gasteiger partial charge on any atom is -0.465 e. The summed E-state index contributed by atoms with van der Waals surface area (Å²) >= 11 is 1.21. The van der Waals surface area contributed by atoms with Gasteiger partial charge < -0.3 is 21.1 Å². The van der Waals surface area contributed by atoms with Crippen LogP contribution >= 0.6 is 11.3 Å². The maximum Gasteiger partial charge on any atom is 0.317 e. The quantitative estimate of drug-likeness (QED) is 0.228. The summed E-state index contributed by atoms with van der Waals surface area (Å²) in [5, 5.41) is 14.3. The average Bonchev–Trinajstić information content (AvgIpc) is 3.21. The molecule has 0 bridgehead atoms. The van der Waals surface area contributed by atoms with Crippen LogP contribution in [0.2, 0.25) is 0 Å². The summed E-state index contributed by atoms with van der Waals surface area (Å²) in [4.78, 5) is 40.0. The van der Waals surface area contributed by atoms with Crippen LogP contribution in [0, 0.1) is 17.3 Å². The van der Waals surface area contributed by atoms with Gasteiger partial charge in [-0.05, 0) is 31.2 Å². The van der Waals surface area contributed by atoms with E-state index in [-0.39, 0.29) is 12.4 Å². The Labute approximate surface area is 172 Å². The molecule has 9 nitrogen and oxygen atoms in total. The molecule has 0 aliphatic heterocycles. The highest BCUT2D eigenvalue weighted by Crippen LogP contribution is 2.19. The van der Waals surface area contributed by atoms with Gasteiger partial charge in [-0.3, -0.25) is 19.8 Å². The number of benzene rings is 1. The van der Waals surface area contributed by atoms with E-state index in [1.807, 2.05) is 0 Å². The van der Waals surface area contributed by atoms with Gasteiger partial charge in [-0.2, -0.15) is 0 Å². The first-order valence-electron chi connectivity index (χ1n) is 8.91. The number of esters is 1. The van der Waals surface area contributed by atoms with Crippen molar-refractivity contribution >= 4 is 40.6 Å². The van der Waals surface area contributed by atoms with Gasteiger partial charge in [-0.15, -0.1) is 11.3 Å². The van der Waals surface area contributed by atoms with Gasteiger partial charge in [-0.1, -0.05) is 0 Å². The van der Waals surface area contributed by atoms with Crippen molar-refractivity contribution in [1.82, 2.24) is 10.3 Å². The van der Waals surface area contributed by atoms with E-state index in [1.54, 1.807) is 29.6 Å². The van der Waals surface area contributed by atoms with Crippen LogP contribution in [0.1, 0.15) is 24.8 Å². The van der Waals surface area contributed by atoms with Crippen LogP contribution < -0.4 is 16.4 Å². The van der Waals surface area contributed by atoms with Gasteiger partial charge in [0.05, 0.1) is 7.95 Å². The maximum absolute atomic E-state index is 12.2. The molecular weight excluding hydrogens is 394 g/mol. The molecule has 2 amide bonds. The highest BCUT2D eigenvalue weighted by atomic mass is 32.1. The molecule has 0 saturated heterocycles. The minimum atomic E-state index is -1.05. The number of nitrogens with two attached hydrogens (primary N) is 1. The molecule has 1 aromatic carbocycles. The summed E-state index contributed by atoms with van der Waals surface area (Å²) in [5.74, 6) is 1.16. The number of amides is 2. The van der Waals surface area contributed by atoms with Crippen molar-refractivity contribution in [2.75, 3.05) is 18.4 Å². The second-order valence-electron chi connectivity index (χ2n) is 5.50. The minimum absolute atomic E-state index is 0.0959. The van der Waals surface area contributed by atoms with Gasteiger partial charge >= 0.3 is 11.9 Å². The Hall–Kier alpha value is -3.71. The van der Waals surface area contributed by atoms with Gasteiger partial charge in [-0.25, -0.2) is 4.98 Å². The fourth-order valence-electron chi connectivity index (χ4n) is 2.12. The van der Waals surface area contributed by atoms with Gasteiger partial charge in [0, 0.05) is 41.2 Å². The molecule has 2 unspecified atom stereocenters. The zero-order valence-corrected chi connectivity index (χ0v) is 16.2. The molecule has 2 aromatic rings. The molecule has 10 heteroatoms. The predicted molar refractivity (Wildman–Crippen MR) is 108 cm³/mol. The molecule has 2 atom stereocenters. The lowest BCUT2D eigenvalue weighted by Gasteiger charge is -2.12. The summed E-state index contributed by atoms with van der Waals surface area (Å²) in [5.41, 5.74) is 6.29. The maximum atomic E-state index is 12.2. The first kappa shape index (κ1) is 20.0. The van der Waals surface area contributed by atoms with Crippen molar-refractivity contribution in [3.05, 3.63) is 46.4 Å². The number of nitrogens with one attached hydrogen (secondary N) is 3. The van der Waals surface area contributed by atoms with E-state index in [1.165, 1.54) is 24.5 Å². The Bertz CT molecular complexity index is 981. The van der Waals surface area contributed by atoms with Crippen LogP contribution in [0.3, 0.4) is 0 Å². The Morgan fingerprint density at radius 3 is 2.59 bits per heavy atom. The molecule has 1 heterocycles. The number of amidine groups is 1. The van der Waals surface area contributed by atoms with E-state index in [0.717, 1.165) is 0 Å². The Morgan fingerprint density at radius 1 is 1.31 bits per heavy atom. The summed E-state index contributed by atoms with van der Waals surface area (Å²) < 4.78 is 12.2. The third-order valence-corrected chi connectivity index (χ3v) is 4.37. The number of nitrogens with zero attached hydrogens (tertiary/aromatic N) is 1. The Morgan fingerprint density at radius 2 is 2.00 bits per heavy atom. The zero-order valence-electron chi connectivity index (χ0n) is 16.4. The normalized spacial score (nSPS) is 12.4. The van der Waals surface area contributed by atoms with Crippen LogP contribution in [0.15, 0.2) is 35.8 Å². The van der Waals surface area contributed by atoms with E-state index in [2.05, 4.69) is 27.5 Å². The number of ether oxygens (including phenoxy) is 1. The van der Waals surface area contributed by atoms with Crippen molar-refractivity contribution in [2.24, 2.45) is 5.73 Å². The van der Waals surface area contributed by atoms with Crippen molar-refractivity contribution in [2.45, 2.75) is 12.8 Å². The van der Waals surface area contributed by atoms with Crippen LogP contribution in [0.25, 0.3) is 0 Å². The van der Waals surface area contributed by atoms with Crippen molar-refractivity contribution in [1.29, 1.82) is 5.41 Å². The van der Waals surface area contributed by atoms with E-state index in [0.29, 0.717) is 16.3 Å². The summed E-state index contributed by atoms with van der Waals surface area (Å²) in [7, 11) is 0. The Balaban J connectivity index is 1.92. The smallest absolute Gasteiger partial charge is 0.317 e. The number of aromatic nitrogens is 1. The first-order valence-corrected chi connectivity index (χ1v) is 9.21. The molecule has 29 heavy (non-hydrogen) atoms. The number of hydrogen-bond acceptors (Lipinski definition) is 7. The van der Waals surface area contributed by atoms with Crippen molar-refractivity contribution in [3.8, 4) is 11.8 Å². The summed E-state index contributed by atoms with van der Waals surface area (Å²) in [6.45, 7) is 0.206. The second kappa shape index (κ2) is 10.6. The van der Waals surface area contributed by atoms with E-state index in [4.69, 9.17) is 17.3 Å². The third-order valence-electron chi connectivity index (χ3n) is 3.48. The van der Waals surface area contributed by atoms with Gasteiger partial charge in [0.15, 0.2) is 0 Å². The summed E-state index contributed by atoms with van der Waals surface area (Å²) in [6, 6.07) is 6.23. The second-order valence-corrected chi connectivity index (χ2v) is 6.43. The number of carbonyl (C=O) groups excluding carboxylic acids is 3. The van der Waals surface area contributed by atoms with E-state index < -0.39 is 30.3 Å². The molecule has 2 rings (SSSR count). The average molecular weight is 414 g/mol. The summed E-state index contributed by atoms with van der Waals surface area (Å²) in [6.07, 6.45) is 1.51. The lowest BCUT2D eigenvalue weighted by Crippen LogP contribution is -2.32. The van der Waals surface area contributed by atoms with Crippen LogP contribution in [-0.2, 0) is 19.1 Å². The molecule has 5 N–H and O–H groups in total. The molecule has 150 valence electrons. The third kappa shape index (κ3) is 6.75. The van der Waals surface area contributed by atoms with Crippen LogP contribution in [-0.4, -0.2) is 41.7 Å². The largest absolute Gasteiger partial charge is 0.465 e. The standard InChI is InChI=1S/C19H19N5O4S/c1-2-28-19(27)14(18-22-9-10-29-18)11-23-15(25)7-8-16(26)24-13-5-3-12(4-6-13)17(20)21/h3-6,9-10,14H,2,11H2,1H3,(H3,20,21)(H,23,25)(H,24,26)/i2D. The first-order chi connectivity index (χ1) is 14.3. The van der Waals surface area contributed by atoms with E-state index >= 15 is 0 Å². The van der Waals surface area contributed by atoms with Gasteiger partial charge in [0.1, 0.15) is 16.8 Å². The molecule has 0 fully saturated rings. The molecule has 0 spiro atoms. The number of carbonyl (C=O) groups is 3. The van der Waals surface area contributed by atoms with Crippen molar-refractivity contribution in [3.63, 3.8) is 0 Å². The van der Waals surface area contributed by atoms with E-state index in [9.17, 15) is 14.4 Å². The van der Waals surface area contributed by atoms with Crippen LogP contribution in [0.4, 0.5) is 5.69 Å². The molecule has 0 aliphatic rings. The number of rotatable bonds is 7. The van der Waals surface area contributed by atoms with Gasteiger partial charge in [0.25, 0.3) is 5.91 Å². The van der Waals surface area contributed by atoms with Crippen molar-refractivity contribution < 1.29 is 20.5 Å². The predicted octanol–water partition coefficient (Wildman–Crippen LogP) is 0.832. The number of nitrogen functional groups attached to an aromatic ring is 1. The van der Waals surface area contributed by atoms with Crippen LogP contribution in [0.5, 0.6) is 0 Å². The number of hydrogen-bond donors (Lipinski definition) is 4. The lowest BCUT2D eigenvalue weighted by molar-refractivity contribution is -0.144. The number of thiazole rings is 1. The highest BCUT2D eigenvalue weighted by Gasteiger charge is 2.24. The highest BCUT2D eigenvalue weighted by molar-refractivity contribution is 7.09. The Kier molecular flexibility index (Phi) is 7.31. The number of anilines is 1. The molecule has 0 radical (unpaired) electrons. The SMILES string of the molecule is [2H]C(C)OC(=O)C(CNC(=O)C#CC(=O)Nc1ccc(C(=N)N)cc1)c1nccs1. The molecule has 1 aromatic heterocycles. The molecule has 0 aliphatic carbocycles. The van der Waals surface area contributed by atoms with Gasteiger partial charge in [0.2, 0.25) is 0 Å². The molecule has 0 saturated carbocycles.